The number of carbonyl (C=O) groups is 3. The molecular formula is C24H43NO6. The van der Waals surface area contributed by atoms with E-state index in [1.54, 1.807) is 26.8 Å². The molecule has 180 valence electrons. The summed E-state index contributed by atoms with van der Waals surface area (Å²) >= 11 is 0. The quantitative estimate of drug-likeness (QED) is 0.259. The first-order valence-electron chi connectivity index (χ1n) is 10.9. The number of methoxy groups -OCH3 is 1. The second kappa shape index (κ2) is 12.8. The minimum absolute atomic E-state index is 0.0419. The Balaban J connectivity index is 6.05. The number of amides is 2. The average Bonchev–Trinajstić information content (AvgIpc) is 2.59. The van der Waals surface area contributed by atoms with Gasteiger partial charge in [0.15, 0.2) is 0 Å². The van der Waals surface area contributed by atoms with E-state index in [-0.39, 0.29) is 37.5 Å². The highest BCUT2D eigenvalue weighted by Gasteiger charge is 2.41. The van der Waals surface area contributed by atoms with Crippen LogP contribution in [0.2, 0.25) is 0 Å². The van der Waals surface area contributed by atoms with Crippen LogP contribution in [0.25, 0.3) is 0 Å². The van der Waals surface area contributed by atoms with Crippen LogP contribution in [0, 0.1) is 23.2 Å². The SMILES string of the molecule is C=CC[C@H](C(=O)OC(C)(C)C)[C@@H](CC(C)C)C(=O)N(CC(C)(C)C)C(=O)OCCOC. The molecule has 2 atom stereocenters. The lowest BCUT2D eigenvalue weighted by atomic mass is 9.81. The molecule has 0 N–H and O–H groups in total. The van der Waals surface area contributed by atoms with Crippen LogP contribution in [-0.2, 0) is 23.8 Å². The summed E-state index contributed by atoms with van der Waals surface area (Å²) in [6.45, 7) is 19.3. The number of ether oxygens (including phenoxy) is 3. The van der Waals surface area contributed by atoms with E-state index in [1.165, 1.54) is 7.11 Å². The molecule has 0 aliphatic rings. The highest BCUT2D eigenvalue weighted by atomic mass is 16.6. The van der Waals surface area contributed by atoms with Gasteiger partial charge in [0.05, 0.1) is 18.4 Å². The van der Waals surface area contributed by atoms with Gasteiger partial charge in [0.2, 0.25) is 5.91 Å². The van der Waals surface area contributed by atoms with Crippen LogP contribution in [0.3, 0.4) is 0 Å². The molecule has 0 rings (SSSR count). The van der Waals surface area contributed by atoms with E-state index in [0.717, 1.165) is 4.90 Å². The van der Waals surface area contributed by atoms with Crippen molar-refractivity contribution in [1.29, 1.82) is 0 Å². The van der Waals surface area contributed by atoms with Gasteiger partial charge < -0.3 is 14.2 Å². The van der Waals surface area contributed by atoms with E-state index < -0.39 is 35.4 Å². The maximum atomic E-state index is 13.7. The van der Waals surface area contributed by atoms with E-state index >= 15 is 0 Å². The molecule has 7 heteroatoms. The minimum Gasteiger partial charge on any atom is -0.460 e. The standard InChI is InChI=1S/C24H43NO6/c1-11-12-18(21(27)31-24(7,8)9)19(15-17(2)3)20(26)25(16-23(4,5)6)22(28)30-14-13-29-10/h11,17-19H,1,12-16H2,2-10H3/t18-,19+/m0/s1. The Kier molecular flexibility index (Phi) is 12.1. The molecule has 7 nitrogen and oxygen atoms in total. The lowest BCUT2D eigenvalue weighted by molar-refractivity contribution is -0.165. The molecule has 0 saturated carbocycles. The third-order valence-electron chi connectivity index (χ3n) is 4.29. The van der Waals surface area contributed by atoms with Crippen LogP contribution in [0.5, 0.6) is 0 Å². The maximum Gasteiger partial charge on any atom is 0.416 e. The van der Waals surface area contributed by atoms with Gasteiger partial charge >= 0.3 is 12.1 Å². The first kappa shape index (κ1) is 29.1. The summed E-state index contributed by atoms with van der Waals surface area (Å²) in [4.78, 5) is 40.6. The molecule has 2 amide bonds. The first-order chi connectivity index (χ1) is 14.1. The van der Waals surface area contributed by atoms with Gasteiger partial charge in [0.25, 0.3) is 0 Å². The fraction of sp³-hybridized carbons (Fsp3) is 0.792. The van der Waals surface area contributed by atoms with Gasteiger partial charge in [-0.05, 0) is 44.9 Å². The van der Waals surface area contributed by atoms with Crippen LogP contribution in [0.15, 0.2) is 12.7 Å². The van der Waals surface area contributed by atoms with Gasteiger partial charge in [-0.3, -0.25) is 9.59 Å². The van der Waals surface area contributed by atoms with Gasteiger partial charge in [0, 0.05) is 13.7 Å². The van der Waals surface area contributed by atoms with Crippen molar-refractivity contribution in [2.75, 3.05) is 26.9 Å². The normalized spacial score (nSPS) is 14.0. The van der Waals surface area contributed by atoms with Gasteiger partial charge in [-0.1, -0.05) is 40.7 Å². The monoisotopic (exact) mass is 441 g/mol. The molecule has 0 saturated heterocycles. The predicted octanol–water partition coefficient (Wildman–Crippen LogP) is 4.84. The van der Waals surface area contributed by atoms with Crippen LogP contribution < -0.4 is 0 Å². The Morgan fingerprint density at radius 2 is 1.58 bits per heavy atom. The van der Waals surface area contributed by atoms with Crippen LogP contribution in [0.1, 0.15) is 68.2 Å². The largest absolute Gasteiger partial charge is 0.460 e. The molecule has 0 fully saturated rings. The van der Waals surface area contributed by atoms with Crippen molar-refractivity contribution >= 4 is 18.0 Å². The summed E-state index contributed by atoms with van der Waals surface area (Å²) in [6.07, 6.45) is 1.59. The number of hydrogen-bond acceptors (Lipinski definition) is 6. The number of imide groups is 1. The summed E-state index contributed by atoms with van der Waals surface area (Å²) in [5, 5.41) is 0. The molecule has 0 aromatic carbocycles. The summed E-state index contributed by atoms with van der Waals surface area (Å²) in [6, 6.07) is 0. The van der Waals surface area contributed by atoms with E-state index in [9.17, 15) is 14.4 Å². The molecule has 0 aromatic heterocycles. The third-order valence-corrected chi connectivity index (χ3v) is 4.29. The Morgan fingerprint density at radius 1 is 1.00 bits per heavy atom. The number of hydrogen-bond donors (Lipinski definition) is 0. The lowest BCUT2D eigenvalue weighted by Gasteiger charge is -2.34. The molecule has 0 aromatic rings. The molecule has 0 aliphatic carbocycles. The number of esters is 1. The number of carbonyl (C=O) groups excluding carboxylic acids is 3. The topological polar surface area (TPSA) is 82.1 Å². The van der Waals surface area contributed by atoms with Crippen molar-refractivity contribution in [2.24, 2.45) is 23.2 Å². The average molecular weight is 442 g/mol. The number of rotatable bonds is 11. The Bertz CT molecular complexity index is 600. The molecule has 0 unspecified atom stereocenters. The molecular weight excluding hydrogens is 398 g/mol. The summed E-state index contributed by atoms with van der Waals surface area (Å²) in [5.74, 6) is -2.23. The Hall–Kier alpha value is -1.89. The lowest BCUT2D eigenvalue weighted by Crippen LogP contribution is -2.48. The summed E-state index contributed by atoms with van der Waals surface area (Å²) in [7, 11) is 1.51. The van der Waals surface area contributed by atoms with Crippen LogP contribution >= 0.6 is 0 Å². The smallest absolute Gasteiger partial charge is 0.416 e. The molecule has 0 aliphatic heterocycles. The highest BCUT2D eigenvalue weighted by molar-refractivity contribution is 5.95. The van der Waals surface area contributed by atoms with E-state index in [4.69, 9.17) is 14.2 Å². The van der Waals surface area contributed by atoms with Gasteiger partial charge in [0.1, 0.15) is 12.2 Å². The minimum atomic E-state index is -0.735. The molecule has 0 radical (unpaired) electrons. The second-order valence-electron chi connectivity index (χ2n) is 10.5. The van der Waals surface area contributed by atoms with Crippen molar-refractivity contribution in [3.63, 3.8) is 0 Å². The molecule has 0 spiro atoms. The number of nitrogens with zero attached hydrogens (tertiary/aromatic N) is 1. The van der Waals surface area contributed by atoms with Crippen molar-refractivity contribution in [3.05, 3.63) is 12.7 Å². The number of allylic oxidation sites excluding steroid dienone is 1. The van der Waals surface area contributed by atoms with E-state index in [0.29, 0.717) is 6.42 Å². The Labute approximate surface area is 188 Å². The first-order valence-corrected chi connectivity index (χ1v) is 10.9. The Morgan fingerprint density at radius 3 is 2.00 bits per heavy atom. The second-order valence-corrected chi connectivity index (χ2v) is 10.5. The summed E-state index contributed by atoms with van der Waals surface area (Å²) in [5.41, 5.74) is -1.04. The highest BCUT2D eigenvalue weighted by Crippen LogP contribution is 2.30. The molecule has 0 bridgehead atoms. The zero-order chi connectivity index (χ0) is 24.4. The fourth-order valence-corrected chi connectivity index (χ4v) is 3.12. The predicted molar refractivity (Wildman–Crippen MR) is 121 cm³/mol. The van der Waals surface area contributed by atoms with Crippen molar-refractivity contribution in [1.82, 2.24) is 4.90 Å². The van der Waals surface area contributed by atoms with Gasteiger partial charge in [-0.15, -0.1) is 6.58 Å². The molecule has 31 heavy (non-hydrogen) atoms. The van der Waals surface area contributed by atoms with Crippen molar-refractivity contribution in [2.45, 2.75) is 73.8 Å². The van der Waals surface area contributed by atoms with E-state index in [2.05, 4.69) is 6.58 Å². The summed E-state index contributed by atoms with van der Waals surface area (Å²) < 4.78 is 15.8. The fourth-order valence-electron chi connectivity index (χ4n) is 3.12. The molecule has 0 heterocycles. The van der Waals surface area contributed by atoms with Crippen LogP contribution in [0.4, 0.5) is 4.79 Å². The van der Waals surface area contributed by atoms with Crippen LogP contribution in [-0.4, -0.2) is 55.3 Å². The van der Waals surface area contributed by atoms with Gasteiger partial charge in [-0.25, -0.2) is 9.69 Å². The van der Waals surface area contributed by atoms with Crippen molar-refractivity contribution in [3.8, 4) is 0 Å². The third kappa shape index (κ3) is 11.9. The van der Waals surface area contributed by atoms with E-state index in [1.807, 2.05) is 34.6 Å². The zero-order valence-electron chi connectivity index (χ0n) is 20.9. The van der Waals surface area contributed by atoms with Crippen molar-refractivity contribution < 1.29 is 28.6 Å². The maximum absolute atomic E-state index is 13.7. The zero-order valence-corrected chi connectivity index (χ0v) is 20.9. The van der Waals surface area contributed by atoms with Gasteiger partial charge in [-0.2, -0.15) is 0 Å².